The molecule has 174 valence electrons. The van der Waals surface area contributed by atoms with Gasteiger partial charge in [-0.3, -0.25) is 6.08 Å². The summed E-state index contributed by atoms with van der Waals surface area (Å²) in [4.78, 5) is 0. The van der Waals surface area contributed by atoms with Crippen LogP contribution in [0, 0.1) is 12.1 Å². The van der Waals surface area contributed by atoms with Crippen LogP contribution in [0.3, 0.4) is 0 Å². The minimum absolute atomic E-state index is 0. The molecule has 4 aromatic rings. The van der Waals surface area contributed by atoms with Gasteiger partial charge in [-0.2, -0.15) is 41.5 Å². The molecular weight excluding hydrogens is 546 g/mol. The van der Waals surface area contributed by atoms with Crippen molar-refractivity contribution in [1.82, 2.24) is 0 Å². The Morgan fingerprint density at radius 2 is 1.40 bits per heavy atom. The number of allylic oxidation sites excluding steroid dienone is 4. The Balaban J connectivity index is 0.000000183. The van der Waals surface area contributed by atoms with Crippen LogP contribution in [0.2, 0.25) is 0 Å². The Hall–Kier alpha value is -2.31. The molecule has 0 aliphatic heterocycles. The first kappa shape index (κ1) is 28.9. The van der Waals surface area contributed by atoms with Gasteiger partial charge >= 0.3 is 70.3 Å². The molecule has 35 heavy (non-hydrogen) atoms. The van der Waals surface area contributed by atoms with Crippen molar-refractivity contribution in [2.75, 3.05) is 0 Å². The maximum absolute atomic E-state index is 3.30. The van der Waals surface area contributed by atoms with Gasteiger partial charge < -0.3 is 24.8 Å². The van der Waals surface area contributed by atoms with Crippen LogP contribution in [-0.2, 0) is 37.1 Å². The smallest absolute Gasteiger partial charge is 0.0253 e. The van der Waals surface area contributed by atoms with Gasteiger partial charge in [-0.1, -0.05) is 65.7 Å². The SMILES string of the molecule is [C-]1=CC(c2ccccc2)=CC1.[Cl-].[Cl-].[Zr+2]=[CH]Cc1ccccc1.[c-]1cccc2c1Cc1ccccc1-2. The van der Waals surface area contributed by atoms with E-state index in [0.29, 0.717) is 0 Å². The summed E-state index contributed by atoms with van der Waals surface area (Å²) in [5.41, 5.74) is 9.51. The number of benzene rings is 4. The van der Waals surface area contributed by atoms with Crippen LogP contribution < -0.4 is 24.8 Å². The van der Waals surface area contributed by atoms with Crippen molar-refractivity contribution in [2.24, 2.45) is 0 Å². The summed E-state index contributed by atoms with van der Waals surface area (Å²) in [6.45, 7) is 0. The number of fused-ring (bicyclic) bond motifs is 3. The fourth-order valence-corrected chi connectivity index (χ4v) is 4.54. The summed E-state index contributed by atoms with van der Waals surface area (Å²) in [6.07, 6.45) is 10.5. The molecule has 0 nitrogen and oxygen atoms in total. The average Bonchev–Trinajstić information content (AvgIpc) is 3.55. The zero-order valence-electron chi connectivity index (χ0n) is 19.4. The quantitative estimate of drug-likeness (QED) is 0.288. The van der Waals surface area contributed by atoms with E-state index < -0.39 is 0 Å². The Labute approximate surface area is 237 Å². The minimum atomic E-state index is 0. The van der Waals surface area contributed by atoms with Gasteiger partial charge in [-0.05, 0) is 6.42 Å². The molecule has 0 heterocycles. The molecular formula is C32H26Cl2Zr-2. The second-order valence-corrected chi connectivity index (χ2v) is 8.87. The number of hydrogen-bond acceptors (Lipinski definition) is 0. The van der Waals surface area contributed by atoms with E-state index >= 15 is 0 Å². The van der Waals surface area contributed by atoms with Crippen LogP contribution in [-0.4, -0.2) is 3.71 Å². The van der Waals surface area contributed by atoms with Crippen molar-refractivity contribution in [2.45, 2.75) is 19.3 Å². The third kappa shape index (κ3) is 8.40. The predicted octanol–water partition coefficient (Wildman–Crippen LogP) is 1.48. The van der Waals surface area contributed by atoms with Gasteiger partial charge in [-0.25, -0.2) is 6.08 Å². The summed E-state index contributed by atoms with van der Waals surface area (Å²) < 4.78 is 2.25. The molecule has 0 amide bonds. The van der Waals surface area contributed by atoms with Crippen LogP contribution in [0.25, 0.3) is 16.7 Å². The first-order valence-electron chi connectivity index (χ1n) is 11.3. The van der Waals surface area contributed by atoms with Crippen LogP contribution in [0.4, 0.5) is 0 Å². The fourth-order valence-electron chi connectivity index (χ4n) is 3.96. The van der Waals surface area contributed by atoms with E-state index in [2.05, 4.69) is 113 Å². The number of hydrogen-bond donors (Lipinski definition) is 0. The third-order valence-electron chi connectivity index (χ3n) is 5.60. The second kappa shape index (κ2) is 15.6. The van der Waals surface area contributed by atoms with Crippen LogP contribution in [0.5, 0.6) is 0 Å². The monoisotopic (exact) mass is 570 g/mol. The molecule has 0 bridgehead atoms. The van der Waals surface area contributed by atoms with Crippen molar-refractivity contribution >= 4 is 9.28 Å². The summed E-state index contributed by atoms with van der Waals surface area (Å²) in [5.74, 6) is 0. The molecule has 0 saturated heterocycles. The standard InChI is InChI=1S/C13H9.C11H9.C8H8.2ClH.Zr/c1-3-7-12-10(5-1)9-11-6-2-4-8-13(11)12;1-2-6-10(7-3-1)11-8-4-5-9-11;1-2-8-6-4-3-5-7-8;;;/h1-5,7-8H,9H2;1-3,6-9H,4H2;1,3-7H,2H2;2*1H;/q2*-1;;;;+2/p-2. The number of rotatable bonds is 3. The van der Waals surface area contributed by atoms with Crippen molar-refractivity contribution < 1.29 is 49.0 Å². The summed E-state index contributed by atoms with van der Waals surface area (Å²) in [5, 5.41) is 0. The maximum atomic E-state index is 3.30. The van der Waals surface area contributed by atoms with Crippen molar-refractivity contribution in [3.8, 4) is 11.1 Å². The molecule has 3 heteroatoms. The molecule has 4 aromatic carbocycles. The van der Waals surface area contributed by atoms with Crippen molar-refractivity contribution in [1.29, 1.82) is 0 Å². The van der Waals surface area contributed by atoms with E-state index in [1.54, 1.807) is 0 Å². The topological polar surface area (TPSA) is 0 Å². The van der Waals surface area contributed by atoms with Crippen LogP contribution in [0.1, 0.15) is 28.7 Å². The van der Waals surface area contributed by atoms with E-state index in [-0.39, 0.29) is 24.8 Å². The average molecular weight is 573 g/mol. The van der Waals surface area contributed by atoms with Gasteiger partial charge in [0.15, 0.2) is 0 Å². The summed E-state index contributed by atoms with van der Waals surface area (Å²) in [6, 6.07) is 39.0. The van der Waals surface area contributed by atoms with Crippen molar-refractivity contribution in [3.05, 3.63) is 150 Å². The van der Waals surface area contributed by atoms with Crippen LogP contribution in [0.15, 0.2) is 115 Å². The molecule has 6 rings (SSSR count). The summed E-state index contributed by atoms with van der Waals surface area (Å²) >= 11 is 1.51. The van der Waals surface area contributed by atoms with E-state index in [4.69, 9.17) is 0 Å². The van der Waals surface area contributed by atoms with Crippen LogP contribution >= 0.6 is 0 Å². The van der Waals surface area contributed by atoms with Gasteiger partial charge in [-0.15, -0.1) is 17.5 Å². The van der Waals surface area contributed by atoms with Gasteiger partial charge in [0.25, 0.3) is 0 Å². The molecule has 0 fully saturated rings. The van der Waals surface area contributed by atoms with Gasteiger partial charge in [0.2, 0.25) is 0 Å². The van der Waals surface area contributed by atoms with E-state index in [9.17, 15) is 0 Å². The normalized spacial score (nSPS) is 11.7. The van der Waals surface area contributed by atoms with Gasteiger partial charge in [0, 0.05) is 0 Å². The van der Waals surface area contributed by atoms with E-state index in [1.807, 2.05) is 18.2 Å². The summed E-state index contributed by atoms with van der Waals surface area (Å²) in [7, 11) is 0. The zero-order valence-corrected chi connectivity index (χ0v) is 23.4. The molecule has 0 radical (unpaired) electrons. The molecule has 0 atom stereocenters. The molecule has 2 aliphatic carbocycles. The Kier molecular flexibility index (Phi) is 12.9. The van der Waals surface area contributed by atoms with E-state index in [1.165, 1.54) is 63.2 Å². The maximum Gasteiger partial charge on any atom is -0.0253 e. The Morgan fingerprint density at radius 1 is 0.743 bits per heavy atom. The first-order valence-corrected chi connectivity index (χ1v) is 12.7. The first-order chi connectivity index (χ1) is 16.3. The fraction of sp³-hybridized carbons (Fsp3) is 0.0938. The molecule has 0 spiro atoms. The molecule has 2 aliphatic rings. The molecule has 0 unspecified atom stereocenters. The Morgan fingerprint density at radius 3 is 2.09 bits per heavy atom. The van der Waals surface area contributed by atoms with Gasteiger partial charge in [0.05, 0.1) is 0 Å². The second-order valence-electron chi connectivity index (χ2n) is 7.87. The zero-order chi connectivity index (χ0) is 22.7. The molecule has 0 saturated carbocycles. The Bertz CT molecular complexity index is 1200. The van der Waals surface area contributed by atoms with Gasteiger partial charge in [0.1, 0.15) is 0 Å². The van der Waals surface area contributed by atoms with E-state index in [0.717, 1.165) is 19.3 Å². The predicted molar refractivity (Wildman–Crippen MR) is 137 cm³/mol. The molecule has 0 aromatic heterocycles. The van der Waals surface area contributed by atoms with Crippen molar-refractivity contribution in [3.63, 3.8) is 0 Å². The molecule has 0 N–H and O–H groups in total. The largest absolute Gasteiger partial charge is 0.179 e. The third-order valence-corrected chi connectivity index (χ3v) is 6.10. The number of halogens is 2. The minimum Gasteiger partial charge on any atom is -0.179 e.